The number of Topliss-reactive ketones (excluding diaryl/α,β-unsaturated/α-hetero) is 1. The predicted octanol–water partition coefficient (Wildman–Crippen LogP) is 3.85. The van der Waals surface area contributed by atoms with Crippen molar-refractivity contribution in [2.75, 3.05) is 6.61 Å². The summed E-state index contributed by atoms with van der Waals surface area (Å²) in [7, 11) is 0. The third kappa shape index (κ3) is 5.64. The predicted molar refractivity (Wildman–Crippen MR) is 185 cm³/mol. The monoisotopic (exact) mass is 703 g/mol. The molecule has 0 aromatic heterocycles. The molecular formula is C40H49NO10. The van der Waals surface area contributed by atoms with Crippen LogP contribution in [-0.4, -0.2) is 81.2 Å². The first-order valence-corrected chi connectivity index (χ1v) is 17.7. The molecule has 2 saturated carbocycles. The minimum absolute atomic E-state index is 0.142. The van der Waals surface area contributed by atoms with Crippen molar-refractivity contribution < 1.29 is 48.7 Å². The molecule has 2 aromatic rings. The van der Waals surface area contributed by atoms with Gasteiger partial charge in [-0.05, 0) is 55.0 Å². The molecule has 1 aliphatic heterocycles. The highest BCUT2D eigenvalue weighted by atomic mass is 16.6. The van der Waals surface area contributed by atoms with Crippen molar-refractivity contribution in [1.82, 2.24) is 5.32 Å². The number of benzene rings is 2. The van der Waals surface area contributed by atoms with E-state index >= 15 is 0 Å². The maximum atomic E-state index is 14.9. The van der Waals surface area contributed by atoms with Crippen LogP contribution < -0.4 is 5.32 Å². The number of ketones is 1. The number of carbonyl (C=O) groups is 4. The number of fused-ring (bicyclic) bond motifs is 5. The van der Waals surface area contributed by atoms with Crippen LogP contribution in [0.2, 0.25) is 0 Å². The van der Waals surface area contributed by atoms with Crippen molar-refractivity contribution in [3.63, 3.8) is 0 Å². The lowest BCUT2D eigenvalue weighted by molar-refractivity contribution is -0.338. The number of amides is 1. The smallest absolute Gasteiger partial charge is 0.311 e. The van der Waals surface area contributed by atoms with E-state index in [9.17, 15) is 34.5 Å². The highest BCUT2D eigenvalue weighted by Gasteiger charge is 2.75. The molecule has 0 spiro atoms. The second kappa shape index (κ2) is 12.9. The maximum absolute atomic E-state index is 14.9. The van der Waals surface area contributed by atoms with E-state index in [1.807, 2.05) is 13.0 Å². The van der Waals surface area contributed by atoms with Gasteiger partial charge in [-0.25, -0.2) is 0 Å². The zero-order valence-electron chi connectivity index (χ0n) is 30.2. The molecule has 51 heavy (non-hydrogen) atoms. The van der Waals surface area contributed by atoms with Crippen LogP contribution in [0, 0.1) is 28.6 Å². The van der Waals surface area contributed by atoms with Crippen LogP contribution in [0.3, 0.4) is 0 Å². The summed E-state index contributed by atoms with van der Waals surface area (Å²) >= 11 is 0. The summed E-state index contributed by atoms with van der Waals surface area (Å²) in [5.41, 5.74) is -4.80. The molecule has 11 heteroatoms. The van der Waals surface area contributed by atoms with Gasteiger partial charge in [0.05, 0.1) is 30.8 Å². The summed E-state index contributed by atoms with van der Waals surface area (Å²) in [5.74, 6) is -4.88. The highest BCUT2D eigenvalue weighted by Crippen LogP contribution is 2.64. The molecule has 2 bridgehead atoms. The Balaban J connectivity index is 1.42. The van der Waals surface area contributed by atoms with E-state index in [4.69, 9.17) is 14.2 Å². The Bertz CT molecular complexity index is 1740. The molecule has 0 radical (unpaired) electrons. The number of esters is 2. The summed E-state index contributed by atoms with van der Waals surface area (Å²) in [6, 6.07) is 16.8. The third-order valence-electron chi connectivity index (χ3n) is 12.7. The van der Waals surface area contributed by atoms with Crippen molar-refractivity contribution in [3.05, 3.63) is 82.9 Å². The SMILES string of the molecule is CC(=O)O[C@H]1C(=O)[C@]2(C)[C@@H](C)CC3OC[C@@]3(O)[C@H]2[C@H](O)[C@]2(O)C[C@H](OC(=O)[C@H](C)[C@@H](NC(=O)c3ccccc3)c3ccccc3)C(C)=C1C2(C)C. The average Bonchev–Trinajstić information content (AvgIpc) is 3.09. The molecule has 11 nitrogen and oxygen atoms in total. The lowest BCUT2D eigenvalue weighted by Crippen LogP contribution is -2.79. The van der Waals surface area contributed by atoms with Gasteiger partial charge in [-0.15, -0.1) is 0 Å². The summed E-state index contributed by atoms with van der Waals surface area (Å²) in [5, 5.41) is 40.3. The van der Waals surface area contributed by atoms with Crippen molar-refractivity contribution in [2.24, 2.45) is 28.6 Å². The number of carbonyl (C=O) groups excluding carboxylic acids is 4. The second-order valence-corrected chi connectivity index (χ2v) is 15.8. The summed E-state index contributed by atoms with van der Waals surface area (Å²) in [6.45, 7) is 11.2. The minimum atomic E-state index is -2.08. The maximum Gasteiger partial charge on any atom is 0.311 e. The van der Waals surface area contributed by atoms with E-state index < -0.39 is 88.0 Å². The van der Waals surface area contributed by atoms with Gasteiger partial charge < -0.3 is 34.8 Å². The van der Waals surface area contributed by atoms with E-state index in [0.29, 0.717) is 23.1 Å². The number of aliphatic hydroxyl groups is 3. The highest BCUT2D eigenvalue weighted by molar-refractivity contribution is 5.95. The van der Waals surface area contributed by atoms with Crippen LogP contribution in [0.5, 0.6) is 0 Å². The van der Waals surface area contributed by atoms with E-state index in [2.05, 4.69) is 5.32 Å². The molecular weight excluding hydrogens is 654 g/mol. The number of aliphatic hydroxyl groups excluding tert-OH is 1. The molecule has 3 aliphatic carbocycles. The fourth-order valence-corrected chi connectivity index (χ4v) is 9.39. The number of nitrogens with one attached hydrogen (secondary N) is 1. The summed E-state index contributed by atoms with van der Waals surface area (Å²) < 4.78 is 17.7. The van der Waals surface area contributed by atoms with Crippen LogP contribution in [0.4, 0.5) is 0 Å². The molecule has 11 atom stereocenters. The van der Waals surface area contributed by atoms with Gasteiger partial charge in [0.25, 0.3) is 5.91 Å². The normalized spacial score (nSPS) is 36.5. The molecule has 3 fully saturated rings. The number of ether oxygens (including phenoxy) is 3. The summed E-state index contributed by atoms with van der Waals surface area (Å²) in [4.78, 5) is 55.0. The number of rotatable bonds is 7. The van der Waals surface area contributed by atoms with E-state index in [0.717, 1.165) is 0 Å². The molecule has 274 valence electrons. The molecule has 4 aliphatic rings. The molecule has 1 amide bonds. The van der Waals surface area contributed by atoms with Crippen molar-refractivity contribution in [1.29, 1.82) is 0 Å². The molecule has 1 unspecified atom stereocenters. The average molecular weight is 704 g/mol. The van der Waals surface area contributed by atoms with Crippen LogP contribution in [-0.2, 0) is 28.6 Å². The molecule has 6 rings (SSSR count). The fraction of sp³-hybridized carbons (Fsp3) is 0.550. The minimum Gasteiger partial charge on any atom is -0.457 e. The standard InChI is InChI=1S/C40H49NO10/c1-21-18-28-39(47,20-49-28)32-34(44)40(48)19-27(22(2)29(37(40,5)6)31(50-24(4)42)33(43)38(21,32)7)51-36(46)23(3)30(25-14-10-8-11-15-25)41-35(45)26-16-12-9-13-17-26/h8-17,21,23,27-28,30-32,34,44,47-48H,18-20H2,1-7H3,(H,41,45)/t21-,23+,27-,28?,30+,31+,32-,34-,38+,39-,40+/m0/s1. The van der Waals surface area contributed by atoms with Gasteiger partial charge in [0.1, 0.15) is 17.3 Å². The Morgan fingerprint density at radius 1 is 0.980 bits per heavy atom. The first-order chi connectivity index (χ1) is 23.9. The Kier molecular flexibility index (Phi) is 9.36. The van der Waals surface area contributed by atoms with Crippen molar-refractivity contribution in [3.8, 4) is 0 Å². The van der Waals surface area contributed by atoms with Crippen LogP contribution in [0.25, 0.3) is 0 Å². The van der Waals surface area contributed by atoms with Gasteiger partial charge in [-0.1, -0.05) is 76.2 Å². The van der Waals surface area contributed by atoms with Gasteiger partial charge in [0.15, 0.2) is 11.9 Å². The largest absolute Gasteiger partial charge is 0.457 e. The quantitative estimate of drug-likeness (QED) is 0.246. The first kappa shape index (κ1) is 36.9. The van der Waals surface area contributed by atoms with Gasteiger partial charge >= 0.3 is 11.9 Å². The van der Waals surface area contributed by atoms with E-state index in [-0.39, 0.29) is 24.5 Å². The first-order valence-electron chi connectivity index (χ1n) is 17.7. The molecule has 1 heterocycles. The van der Waals surface area contributed by atoms with E-state index in [1.54, 1.807) is 89.2 Å². The second-order valence-electron chi connectivity index (χ2n) is 15.8. The van der Waals surface area contributed by atoms with Gasteiger partial charge in [0, 0.05) is 35.7 Å². The number of hydrogen-bond donors (Lipinski definition) is 4. The zero-order chi connectivity index (χ0) is 37.3. The lowest BCUT2D eigenvalue weighted by atomic mass is 9.43. The van der Waals surface area contributed by atoms with Crippen LogP contribution in [0.1, 0.15) is 83.3 Å². The van der Waals surface area contributed by atoms with E-state index in [1.165, 1.54) is 6.92 Å². The van der Waals surface area contributed by atoms with Gasteiger partial charge in [-0.3, -0.25) is 19.2 Å². The van der Waals surface area contributed by atoms with Crippen LogP contribution in [0.15, 0.2) is 71.8 Å². The Morgan fingerprint density at radius 2 is 1.59 bits per heavy atom. The van der Waals surface area contributed by atoms with Crippen molar-refractivity contribution in [2.45, 2.75) is 103 Å². The van der Waals surface area contributed by atoms with Gasteiger partial charge in [-0.2, -0.15) is 0 Å². The zero-order valence-corrected chi connectivity index (χ0v) is 30.2. The third-order valence-corrected chi connectivity index (χ3v) is 12.7. The molecule has 1 saturated heterocycles. The fourth-order valence-electron chi connectivity index (χ4n) is 9.39. The lowest BCUT2D eigenvalue weighted by Gasteiger charge is -2.67. The van der Waals surface area contributed by atoms with Gasteiger partial charge in [0.2, 0.25) is 0 Å². The topological polar surface area (TPSA) is 169 Å². The van der Waals surface area contributed by atoms with Crippen molar-refractivity contribution >= 4 is 23.6 Å². The van der Waals surface area contributed by atoms with Crippen LogP contribution >= 0.6 is 0 Å². The molecule has 4 N–H and O–H groups in total. The Hall–Kier alpha value is -3.90. The Labute approximate surface area is 298 Å². The Morgan fingerprint density at radius 3 is 2.16 bits per heavy atom. The summed E-state index contributed by atoms with van der Waals surface area (Å²) in [6.07, 6.45) is -4.94. The molecule has 2 aromatic carbocycles. The number of hydrogen-bond acceptors (Lipinski definition) is 10.